The van der Waals surface area contributed by atoms with Crippen LogP contribution in [0.3, 0.4) is 0 Å². The summed E-state index contributed by atoms with van der Waals surface area (Å²) in [5.41, 5.74) is 0.178. The van der Waals surface area contributed by atoms with Crippen LogP contribution >= 0.6 is 11.6 Å². The first kappa shape index (κ1) is 12.3. The lowest BCUT2D eigenvalue weighted by atomic mass is 10.2. The molecule has 1 heterocycles. The number of rotatable bonds is 3. The Morgan fingerprint density at radius 1 is 1.33 bits per heavy atom. The number of amides is 1. The Morgan fingerprint density at radius 2 is 2.11 bits per heavy atom. The van der Waals surface area contributed by atoms with Crippen molar-refractivity contribution < 1.29 is 9.53 Å². The highest BCUT2D eigenvalue weighted by Crippen LogP contribution is 2.27. The molecule has 6 nitrogen and oxygen atoms in total. The van der Waals surface area contributed by atoms with Crippen LogP contribution in [0.15, 0.2) is 29.1 Å². The summed E-state index contributed by atoms with van der Waals surface area (Å²) in [4.78, 5) is 22.7. The zero-order chi connectivity index (χ0) is 13.1. The van der Waals surface area contributed by atoms with Crippen molar-refractivity contribution in [3.05, 3.63) is 45.3 Å². The van der Waals surface area contributed by atoms with E-state index >= 15 is 0 Å². The van der Waals surface area contributed by atoms with Crippen LogP contribution < -0.4 is 15.6 Å². The number of ether oxygens (including phenoxy) is 1. The fourth-order valence-corrected chi connectivity index (χ4v) is 1.59. The van der Waals surface area contributed by atoms with Crippen LogP contribution in [0.5, 0.6) is 5.75 Å². The molecule has 0 saturated carbocycles. The first-order valence-electron chi connectivity index (χ1n) is 5.02. The highest BCUT2D eigenvalue weighted by molar-refractivity contribution is 6.31. The summed E-state index contributed by atoms with van der Waals surface area (Å²) in [6.45, 7) is 0. The Balaban J connectivity index is 2.26. The Kier molecular flexibility index (Phi) is 3.38. The van der Waals surface area contributed by atoms with Gasteiger partial charge in [-0.25, -0.2) is 0 Å². The second-order valence-electron chi connectivity index (χ2n) is 3.47. The summed E-state index contributed by atoms with van der Waals surface area (Å²) in [5, 5.41) is 7.79. The smallest absolute Gasteiger partial charge is 0.273 e. The van der Waals surface area contributed by atoms with Crippen LogP contribution in [-0.4, -0.2) is 23.2 Å². The van der Waals surface area contributed by atoms with Crippen molar-refractivity contribution >= 4 is 23.2 Å². The lowest BCUT2D eigenvalue weighted by Crippen LogP contribution is -2.13. The fourth-order valence-electron chi connectivity index (χ4n) is 1.42. The molecular formula is C11H10ClN3O3. The quantitative estimate of drug-likeness (QED) is 0.790. The molecule has 0 aliphatic rings. The molecule has 0 radical (unpaired) electrons. The van der Waals surface area contributed by atoms with Gasteiger partial charge in [0.05, 0.1) is 12.8 Å². The number of anilines is 1. The third kappa shape index (κ3) is 2.54. The van der Waals surface area contributed by atoms with Crippen molar-refractivity contribution in [1.29, 1.82) is 0 Å². The highest BCUT2D eigenvalue weighted by atomic mass is 35.5. The Hall–Kier alpha value is -2.21. The van der Waals surface area contributed by atoms with E-state index in [4.69, 9.17) is 16.3 Å². The van der Waals surface area contributed by atoms with Crippen LogP contribution in [0.1, 0.15) is 10.5 Å². The van der Waals surface area contributed by atoms with Crippen LogP contribution in [0.4, 0.5) is 5.69 Å². The minimum Gasteiger partial charge on any atom is -0.495 e. The monoisotopic (exact) mass is 267 g/mol. The van der Waals surface area contributed by atoms with Gasteiger partial charge in [-0.15, -0.1) is 0 Å². The number of carbonyl (C=O) groups excluding carboxylic acids is 1. The van der Waals surface area contributed by atoms with Gasteiger partial charge in [-0.2, -0.15) is 0 Å². The number of aromatic nitrogens is 2. The number of aromatic amines is 2. The molecule has 2 aromatic rings. The van der Waals surface area contributed by atoms with E-state index in [2.05, 4.69) is 15.5 Å². The zero-order valence-electron chi connectivity index (χ0n) is 9.41. The van der Waals surface area contributed by atoms with E-state index in [-0.39, 0.29) is 11.3 Å². The molecule has 0 atom stereocenters. The zero-order valence-corrected chi connectivity index (χ0v) is 10.2. The SMILES string of the molecule is COc1ccc(Cl)cc1NC(=O)c1cc(=O)[nH][nH]1. The average molecular weight is 268 g/mol. The minimum atomic E-state index is -0.464. The van der Waals surface area contributed by atoms with Gasteiger partial charge in [0.2, 0.25) is 0 Å². The Bertz CT molecular complexity index is 632. The molecule has 0 unspecified atom stereocenters. The predicted octanol–water partition coefficient (Wildman–Crippen LogP) is 1.62. The van der Waals surface area contributed by atoms with E-state index in [0.717, 1.165) is 6.07 Å². The Labute approximate surface area is 107 Å². The van der Waals surface area contributed by atoms with Gasteiger partial charge < -0.3 is 10.1 Å². The maximum Gasteiger partial charge on any atom is 0.273 e. The van der Waals surface area contributed by atoms with Crippen molar-refractivity contribution in [2.75, 3.05) is 12.4 Å². The van der Waals surface area contributed by atoms with Gasteiger partial charge in [-0.1, -0.05) is 11.6 Å². The van der Waals surface area contributed by atoms with E-state index in [1.54, 1.807) is 18.2 Å². The lowest BCUT2D eigenvalue weighted by molar-refractivity contribution is 0.102. The van der Waals surface area contributed by atoms with E-state index in [0.29, 0.717) is 16.5 Å². The molecule has 0 aliphatic heterocycles. The summed E-state index contributed by atoms with van der Waals surface area (Å²) in [5.74, 6) is 0.0135. The molecule has 1 aromatic heterocycles. The van der Waals surface area contributed by atoms with Crippen LogP contribution in [0.25, 0.3) is 0 Å². The van der Waals surface area contributed by atoms with Crippen LogP contribution in [-0.2, 0) is 0 Å². The van der Waals surface area contributed by atoms with Crippen molar-refractivity contribution in [3.63, 3.8) is 0 Å². The molecule has 1 amide bonds. The number of H-pyrrole nitrogens is 2. The van der Waals surface area contributed by atoms with Crippen LogP contribution in [0, 0.1) is 0 Å². The van der Waals surface area contributed by atoms with Crippen LogP contribution in [0.2, 0.25) is 5.02 Å². The molecule has 7 heteroatoms. The van der Waals surface area contributed by atoms with Gasteiger partial charge >= 0.3 is 0 Å². The number of hydrogen-bond acceptors (Lipinski definition) is 3. The predicted molar refractivity (Wildman–Crippen MR) is 67.4 cm³/mol. The van der Waals surface area contributed by atoms with E-state index in [9.17, 15) is 9.59 Å². The molecule has 2 rings (SSSR count). The van der Waals surface area contributed by atoms with E-state index in [1.165, 1.54) is 7.11 Å². The Morgan fingerprint density at radius 3 is 2.72 bits per heavy atom. The summed E-state index contributed by atoms with van der Waals surface area (Å²) < 4.78 is 5.09. The maximum atomic E-state index is 11.8. The summed E-state index contributed by atoms with van der Waals surface area (Å²) >= 11 is 5.84. The molecule has 0 aliphatic carbocycles. The van der Waals surface area contributed by atoms with Gasteiger partial charge in [0.25, 0.3) is 11.5 Å². The average Bonchev–Trinajstić information content (AvgIpc) is 2.76. The molecule has 1 aromatic carbocycles. The summed E-state index contributed by atoms with van der Waals surface area (Å²) in [7, 11) is 1.48. The molecule has 0 bridgehead atoms. The standard InChI is InChI=1S/C11H10ClN3O3/c1-18-9-3-2-6(12)4-7(9)13-11(17)8-5-10(16)15-14-8/h2-5H,1H3,(H,13,17)(H2,14,15,16). The highest BCUT2D eigenvalue weighted by Gasteiger charge is 2.11. The van der Waals surface area contributed by atoms with E-state index < -0.39 is 5.91 Å². The largest absolute Gasteiger partial charge is 0.495 e. The van der Waals surface area contributed by atoms with Gasteiger partial charge in [0.15, 0.2) is 0 Å². The van der Waals surface area contributed by atoms with Crippen molar-refractivity contribution in [1.82, 2.24) is 10.2 Å². The molecular weight excluding hydrogens is 258 g/mol. The molecule has 18 heavy (non-hydrogen) atoms. The maximum absolute atomic E-state index is 11.8. The number of hydrogen-bond donors (Lipinski definition) is 3. The number of halogens is 1. The second kappa shape index (κ2) is 4.97. The third-order valence-electron chi connectivity index (χ3n) is 2.25. The van der Waals surface area contributed by atoms with Crippen molar-refractivity contribution in [2.45, 2.75) is 0 Å². The molecule has 3 N–H and O–H groups in total. The second-order valence-corrected chi connectivity index (χ2v) is 3.91. The van der Waals surface area contributed by atoms with Gasteiger partial charge in [-0.05, 0) is 18.2 Å². The van der Waals surface area contributed by atoms with E-state index in [1.807, 2.05) is 0 Å². The number of carbonyl (C=O) groups is 1. The topological polar surface area (TPSA) is 87.0 Å². The molecule has 0 spiro atoms. The first-order valence-corrected chi connectivity index (χ1v) is 5.40. The summed E-state index contributed by atoms with van der Waals surface area (Å²) in [6, 6.07) is 6.00. The van der Waals surface area contributed by atoms with Crippen molar-refractivity contribution in [2.24, 2.45) is 0 Å². The normalized spacial score (nSPS) is 10.1. The summed E-state index contributed by atoms with van der Waals surface area (Å²) in [6.07, 6.45) is 0. The molecule has 0 fully saturated rings. The van der Waals surface area contributed by atoms with Gasteiger partial charge in [0, 0.05) is 11.1 Å². The lowest BCUT2D eigenvalue weighted by Gasteiger charge is -2.09. The van der Waals surface area contributed by atoms with Gasteiger partial charge in [-0.3, -0.25) is 19.8 Å². The molecule has 94 valence electrons. The number of nitrogens with one attached hydrogen (secondary N) is 3. The third-order valence-corrected chi connectivity index (χ3v) is 2.49. The first-order chi connectivity index (χ1) is 8.60. The van der Waals surface area contributed by atoms with Gasteiger partial charge in [0.1, 0.15) is 11.4 Å². The minimum absolute atomic E-state index is 0.127. The number of methoxy groups -OCH3 is 1. The molecule has 0 saturated heterocycles. The fraction of sp³-hybridized carbons (Fsp3) is 0.0909. The number of benzene rings is 1. The van der Waals surface area contributed by atoms with Crippen molar-refractivity contribution in [3.8, 4) is 5.75 Å².